The molecule has 1 heterocycles. The fourth-order valence-electron chi connectivity index (χ4n) is 2.16. The molecule has 1 aliphatic rings. The number of rotatable bonds is 3. The number of amides is 1. The summed E-state index contributed by atoms with van der Waals surface area (Å²) < 4.78 is 5.72. The second-order valence-electron chi connectivity index (χ2n) is 4.93. The van der Waals surface area contributed by atoms with Crippen LogP contribution in [-0.4, -0.2) is 36.5 Å². The zero-order valence-corrected chi connectivity index (χ0v) is 13.0. The summed E-state index contributed by atoms with van der Waals surface area (Å²) in [6.45, 7) is 3.61. The van der Waals surface area contributed by atoms with Crippen LogP contribution >= 0.6 is 24.0 Å². The van der Waals surface area contributed by atoms with Gasteiger partial charge in [-0.05, 0) is 24.6 Å². The van der Waals surface area contributed by atoms with E-state index in [0.29, 0.717) is 31.1 Å². The lowest BCUT2D eigenvalue weighted by Crippen LogP contribution is -2.43. The molecule has 4 nitrogen and oxygen atoms in total. The molecule has 0 saturated carbocycles. The van der Waals surface area contributed by atoms with Crippen LogP contribution in [0.2, 0.25) is 5.02 Å². The smallest absolute Gasteiger partial charge is 0.224 e. The predicted octanol–water partition coefficient (Wildman–Crippen LogP) is 2.40. The number of carbonyl (C=O) groups excluding carboxylic acids is 1. The molecular weight excluding hydrogens is 299 g/mol. The quantitative estimate of drug-likeness (QED) is 0.931. The van der Waals surface area contributed by atoms with E-state index in [1.165, 1.54) is 0 Å². The molecule has 0 aromatic heterocycles. The third-order valence-corrected chi connectivity index (χ3v) is 3.41. The van der Waals surface area contributed by atoms with E-state index in [4.69, 9.17) is 22.1 Å². The Morgan fingerprint density at radius 2 is 2.15 bits per heavy atom. The van der Waals surface area contributed by atoms with Crippen molar-refractivity contribution in [1.82, 2.24) is 4.90 Å². The molecule has 1 fully saturated rings. The van der Waals surface area contributed by atoms with Crippen LogP contribution in [0.1, 0.15) is 25.0 Å². The lowest BCUT2D eigenvalue weighted by Gasteiger charge is -2.33. The van der Waals surface area contributed by atoms with Crippen molar-refractivity contribution in [3.05, 3.63) is 34.9 Å². The average Bonchev–Trinajstić information content (AvgIpc) is 2.39. The summed E-state index contributed by atoms with van der Waals surface area (Å²) in [6.07, 6.45) is 0.302. The van der Waals surface area contributed by atoms with E-state index in [2.05, 4.69) is 0 Å². The summed E-state index contributed by atoms with van der Waals surface area (Å²) in [6, 6.07) is 7.44. The largest absolute Gasteiger partial charge is 0.370 e. The van der Waals surface area contributed by atoms with Crippen LogP contribution in [0.5, 0.6) is 0 Å². The number of morpholine rings is 1. The van der Waals surface area contributed by atoms with Crippen molar-refractivity contribution in [2.45, 2.75) is 25.5 Å². The molecule has 2 atom stereocenters. The summed E-state index contributed by atoms with van der Waals surface area (Å²) in [5, 5.41) is 0.699. The van der Waals surface area contributed by atoms with E-state index in [1.54, 1.807) is 0 Å². The van der Waals surface area contributed by atoms with E-state index in [1.807, 2.05) is 36.1 Å². The van der Waals surface area contributed by atoms with Crippen LogP contribution < -0.4 is 5.73 Å². The molecule has 0 aliphatic carbocycles. The van der Waals surface area contributed by atoms with Gasteiger partial charge in [-0.25, -0.2) is 0 Å². The molecule has 0 bridgehead atoms. The third-order valence-electron chi connectivity index (χ3n) is 3.16. The number of hydrogen-bond acceptors (Lipinski definition) is 3. The minimum absolute atomic E-state index is 0. The van der Waals surface area contributed by atoms with Crippen molar-refractivity contribution in [2.75, 3.05) is 19.7 Å². The fourth-order valence-corrected chi connectivity index (χ4v) is 2.29. The van der Waals surface area contributed by atoms with Gasteiger partial charge in [0.1, 0.15) is 6.10 Å². The SMILES string of the molecule is CC(N)CC(=O)N1CCOC(c2ccc(Cl)cc2)C1.Cl. The highest BCUT2D eigenvalue weighted by Crippen LogP contribution is 2.24. The summed E-state index contributed by atoms with van der Waals surface area (Å²) >= 11 is 5.87. The second kappa shape index (κ2) is 7.84. The van der Waals surface area contributed by atoms with Crippen LogP contribution in [0.4, 0.5) is 0 Å². The molecular formula is C14H20Cl2N2O2. The van der Waals surface area contributed by atoms with Crippen LogP contribution in [0.25, 0.3) is 0 Å². The highest BCUT2D eigenvalue weighted by atomic mass is 35.5. The van der Waals surface area contributed by atoms with Gasteiger partial charge >= 0.3 is 0 Å². The fraction of sp³-hybridized carbons (Fsp3) is 0.500. The number of benzene rings is 1. The van der Waals surface area contributed by atoms with E-state index in [0.717, 1.165) is 5.56 Å². The van der Waals surface area contributed by atoms with Crippen molar-refractivity contribution >= 4 is 29.9 Å². The van der Waals surface area contributed by atoms with Gasteiger partial charge in [0.15, 0.2) is 0 Å². The Balaban J connectivity index is 0.00000200. The number of halogens is 2. The minimum Gasteiger partial charge on any atom is -0.370 e. The zero-order valence-electron chi connectivity index (χ0n) is 11.4. The molecule has 20 heavy (non-hydrogen) atoms. The van der Waals surface area contributed by atoms with Gasteiger partial charge < -0.3 is 15.4 Å². The van der Waals surface area contributed by atoms with Gasteiger partial charge in [0, 0.05) is 24.0 Å². The molecule has 1 aromatic carbocycles. The molecule has 0 spiro atoms. The van der Waals surface area contributed by atoms with Crippen molar-refractivity contribution in [3.63, 3.8) is 0 Å². The first-order valence-corrected chi connectivity index (χ1v) is 6.84. The Labute approximate surface area is 130 Å². The standard InChI is InChI=1S/C14H19ClN2O2.ClH/c1-10(16)8-14(18)17-6-7-19-13(9-17)11-2-4-12(15)5-3-11;/h2-5,10,13H,6-9,16H2,1H3;1H. The number of carbonyl (C=O) groups is 1. The molecule has 1 aliphatic heterocycles. The number of nitrogens with zero attached hydrogens (tertiary/aromatic N) is 1. The zero-order chi connectivity index (χ0) is 13.8. The molecule has 2 rings (SSSR count). The van der Waals surface area contributed by atoms with E-state index >= 15 is 0 Å². The van der Waals surface area contributed by atoms with Crippen LogP contribution in [-0.2, 0) is 9.53 Å². The Morgan fingerprint density at radius 1 is 1.50 bits per heavy atom. The Bertz CT molecular complexity index is 437. The predicted molar refractivity (Wildman–Crippen MR) is 82.2 cm³/mol. The molecule has 1 saturated heterocycles. The summed E-state index contributed by atoms with van der Waals surface area (Å²) in [5.41, 5.74) is 6.71. The molecule has 2 unspecified atom stereocenters. The number of hydrogen-bond donors (Lipinski definition) is 1. The van der Waals surface area contributed by atoms with E-state index < -0.39 is 0 Å². The molecule has 112 valence electrons. The molecule has 0 radical (unpaired) electrons. The molecule has 2 N–H and O–H groups in total. The molecule has 1 aromatic rings. The van der Waals surface area contributed by atoms with Gasteiger partial charge in [-0.15, -0.1) is 12.4 Å². The summed E-state index contributed by atoms with van der Waals surface area (Å²) in [4.78, 5) is 13.8. The first kappa shape index (κ1) is 17.2. The first-order valence-electron chi connectivity index (χ1n) is 6.46. The van der Waals surface area contributed by atoms with Gasteiger partial charge in [-0.3, -0.25) is 4.79 Å². The first-order chi connectivity index (χ1) is 9.06. The topological polar surface area (TPSA) is 55.6 Å². The van der Waals surface area contributed by atoms with E-state index in [9.17, 15) is 4.79 Å². The maximum absolute atomic E-state index is 12.0. The van der Waals surface area contributed by atoms with Crippen molar-refractivity contribution in [2.24, 2.45) is 5.73 Å². The van der Waals surface area contributed by atoms with Gasteiger partial charge in [0.05, 0.1) is 13.2 Å². The van der Waals surface area contributed by atoms with Crippen molar-refractivity contribution in [3.8, 4) is 0 Å². The molecule has 1 amide bonds. The molecule has 6 heteroatoms. The highest BCUT2D eigenvalue weighted by molar-refractivity contribution is 6.30. The Kier molecular flexibility index (Phi) is 6.76. The van der Waals surface area contributed by atoms with Gasteiger partial charge in [0.25, 0.3) is 0 Å². The van der Waals surface area contributed by atoms with Crippen LogP contribution in [0, 0.1) is 0 Å². The van der Waals surface area contributed by atoms with Gasteiger partial charge in [-0.1, -0.05) is 23.7 Å². The normalized spacial score (nSPS) is 20.1. The Morgan fingerprint density at radius 3 is 2.75 bits per heavy atom. The summed E-state index contributed by atoms with van der Waals surface area (Å²) in [5.74, 6) is 0.0947. The van der Waals surface area contributed by atoms with Crippen LogP contribution in [0.3, 0.4) is 0 Å². The minimum atomic E-state index is -0.107. The third kappa shape index (κ3) is 4.63. The van der Waals surface area contributed by atoms with Crippen LogP contribution in [0.15, 0.2) is 24.3 Å². The maximum Gasteiger partial charge on any atom is 0.224 e. The lowest BCUT2D eigenvalue weighted by molar-refractivity contribution is -0.139. The lowest BCUT2D eigenvalue weighted by atomic mass is 10.1. The highest BCUT2D eigenvalue weighted by Gasteiger charge is 2.25. The second-order valence-corrected chi connectivity index (χ2v) is 5.37. The van der Waals surface area contributed by atoms with Crippen molar-refractivity contribution < 1.29 is 9.53 Å². The summed E-state index contributed by atoms with van der Waals surface area (Å²) in [7, 11) is 0. The monoisotopic (exact) mass is 318 g/mol. The van der Waals surface area contributed by atoms with Crippen molar-refractivity contribution in [1.29, 1.82) is 0 Å². The Hall–Kier alpha value is -0.810. The van der Waals surface area contributed by atoms with Gasteiger partial charge in [0.2, 0.25) is 5.91 Å². The maximum atomic E-state index is 12.0. The number of nitrogens with two attached hydrogens (primary N) is 1. The number of ether oxygens (including phenoxy) is 1. The van der Waals surface area contributed by atoms with E-state index in [-0.39, 0.29) is 30.5 Å². The van der Waals surface area contributed by atoms with Gasteiger partial charge in [-0.2, -0.15) is 0 Å². The average molecular weight is 319 g/mol.